The lowest BCUT2D eigenvalue weighted by atomic mass is 10.1. The molecule has 2 nitrogen and oxygen atoms in total. The van der Waals surface area contributed by atoms with Crippen LogP contribution in [-0.4, -0.2) is 10.2 Å². The molecule has 116 valence electrons. The van der Waals surface area contributed by atoms with E-state index < -0.39 is 0 Å². The van der Waals surface area contributed by atoms with Gasteiger partial charge < -0.3 is 0 Å². The number of benzene rings is 2. The SMILES string of the molecule is CC.CCC.c1ccc(-c2cc(-c3ccccc3)[nH]n2)cc1. The summed E-state index contributed by atoms with van der Waals surface area (Å²) in [5.74, 6) is 0. The fourth-order valence-corrected chi connectivity index (χ4v) is 1.84. The molecule has 0 aliphatic carbocycles. The van der Waals surface area contributed by atoms with Gasteiger partial charge in [0, 0.05) is 5.56 Å². The predicted octanol–water partition coefficient (Wildman–Crippen LogP) is 6.19. The standard InChI is InChI=1S/C15H12N2.C3H8.C2H6/c1-3-7-12(8-4-1)14-11-15(17-16-14)13-9-5-2-6-10-13;1-3-2;1-2/h1-11H,(H,16,17);3H2,1-2H3;1-2H3. The summed E-state index contributed by atoms with van der Waals surface area (Å²) >= 11 is 0. The van der Waals surface area contributed by atoms with Crippen LogP contribution in [0.15, 0.2) is 66.7 Å². The van der Waals surface area contributed by atoms with Gasteiger partial charge in [0.25, 0.3) is 0 Å². The first kappa shape index (κ1) is 17.7. The number of aromatic nitrogens is 2. The molecule has 0 bridgehead atoms. The predicted molar refractivity (Wildman–Crippen MR) is 96.8 cm³/mol. The van der Waals surface area contributed by atoms with Gasteiger partial charge in [-0.2, -0.15) is 5.10 Å². The summed E-state index contributed by atoms with van der Waals surface area (Å²) in [6.45, 7) is 8.25. The molecule has 2 aromatic carbocycles. The molecule has 0 spiro atoms. The molecule has 0 saturated heterocycles. The van der Waals surface area contributed by atoms with Gasteiger partial charge in [0.15, 0.2) is 0 Å². The second-order valence-electron chi connectivity index (χ2n) is 4.61. The molecule has 0 fully saturated rings. The maximum atomic E-state index is 4.34. The molecule has 22 heavy (non-hydrogen) atoms. The third kappa shape index (κ3) is 5.21. The van der Waals surface area contributed by atoms with E-state index in [9.17, 15) is 0 Å². The molecule has 0 amide bonds. The summed E-state index contributed by atoms with van der Waals surface area (Å²) in [6.07, 6.45) is 1.25. The zero-order chi connectivity index (χ0) is 16.2. The van der Waals surface area contributed by atoms with Crippen molar-refractivity contribution in [2.24, 2.45) is 0 Å². The van der Waals surface area contributed by atoms with Crippen molar-refractivity contribution in [3.05, 3.63) is 66.7 Å². The molecule has 1 aromatic heterocycles. The highest BCUT2D eigenvalue weighted by molar-refractivity contribution is 5.67. The molecule has 0 radical (unpaired) electrons. The van der Waals surface area contributed by atoms with Crippen LogP contribution < -0.4 is 0 Å². The monoisotopic (exact) mass is 294 g/mol. The summed E-state index contributed by atoms with van der Waals surface area (Å²) in [6, 6.07) is 22.5. The van der Waals surface area contributed by atoms with Gasteiger partial charge in [-0.25, -0.2) is 0 Å². The third-order valence-electron chi connectivity index (χ3n) is 2.73. The first-order chi connectivity index (χ1) is 10.8. The molecule has 1 heterocycles. The van der Waals surface area contributed by atoms with Gasteiger partial charge in [0.05, 0.1) is 11.4 Å². The van der Waals surface area contributed by atoms with Crippen LogP contribution in [0.25, 0.3) is 22.5 Å². The van der Waals surface area contributed by atoms with E-state index in [0.717, 1.165) is 22.5 Å². The minimum absolute atomic E-state index is 0.976. The van der Waals surface area contributed by atoms with Crippen LogP contribution in [0.1, 0.15) is 34.1 Å². The highest BCUT2D eigenvalue weighted by atomic mass is 15.1. The maximum absolute atomic E-state index is 4.34. The quantitative estimate of drug-likeness (QED) is 0.600. The van der Waals surface area contributed by atoms with Crippen molar-refractivity contribution in [3.8, 4) is 22.5 Å². The summed E-state index contributed by atoms with van der Waals surface area (Å²) in [5.41, 5.74) is 4.31. The topological polar surface area (TPSA) is 28.7 Å². The van der Waals surface area contributed by atoms with Crippen molar-refractivity contribution in [1.29, 1.82) is 0 Å². The molecule has 1 N–H and O–H groups in total. The van der Waals surface area contributed by atoms with Crippen molar-refractivity contribution in [3.63, 3.8) is 0 Å². The molecule has 0 aliphatic rings. The Morgan fingerprint density at radius 2 is 1.23 bits per heavy atom. The molecule has 3 aromatic rings. The van der Waals surface area contributed by atoms with Crippen LogP contribution in [0.4, 0.5) is 0 Å². The minimum atomic E-state index is 0.976. The van der Waals surface area contributed by atoms with E-state index in [4.69, 9.17) is 0 Å². The fourth-order valence-electron chi connectivity index (χ4n) is 1.84. The molecular weight excluding hydrogens is 268 g/mol. The van der Waals surface area contributed by atoms with Crippen LogP contribution in [0, 0.1) is 0 Å². The minimum Gasteiger partial charge on any atom is -0.277 e. The Bertz CT molecular complexity index is 558. The Morgan fingerprint density at radius 1 is 0.773 bits per heavy atom. The van der Waals surface area contributed by atoms with E-state index in [-0.39, 0.29) is 0 Å². The van der Waals surface area contributed by atoms with Crippen LogP contribution in [0.2, 0.25) is 0 Å². The molecule has 0 saturated carbocycles. The Hall–Kier alpha value is -2.35. The first-order valence-corrected chi connectivity index (χ1v) is 8.01. The smallest absolute Gasteiger partial charge is 0.0927 e. The number of aromatic amines is 1. The molecular formula is C20H26N2. The molecule has 2 heteroatoms. The van der Waals surface area contributed by atoms with Gasteiger partial charge in [-0.3, -0.25) is 5.10 Å². The maximum Gasteiger partial charge on any atom is 0.0927 e. The Balaban J connectivity index is 0.000000435. The lowest BCUT2D eigenvalue weighted by Gasteiger charge is -1.94. The van der Waals surface area contributed by atoms with Crippen LogP contribution in [-0.2, 0) is 0 Å². The number of hydrogen-bond donors (Lipinski definition) is 1. The average molecular weight is 294 g/mol. The van der Waals surface area contributed by atoms with Crippen molar-refractivity contribution in [2.75, 3.05) is 0 Å². The molecule has 0 aliphatic heterocycles. The van der Waals surface area contributed by atoms with E-state index in [0.29, 0.717) is 0 Å². The fraction of sp³-hybridized carbons (Fsp3) is 0.250. The molecule has 3 rings (SSSR count). The summed E-state index contributed by atoms with van der Waals surface area (Å²) in [5, 5.41) is 7.41. The number of rotatable bonds is 2. The average Bonchev–Trinajstić information content (AvgIpc) is 3.09. The third-order valence-corrected chi connectivity index (χ3v) is 2.73. The number of nitrogens with zero attached hydrogens (tertiary/aromatic N) is 1. The number of hydrogen-bond acceptors (Lipinski definition) is 1. The van der Waals surface area contributed by atoms with Crippen LogP contribution >= 0.6 is 0 Å². The summed E-state index contributed by atoms with van der Waals surface area (Å²) < 4.78 is 0. The van der Waals surface area contributed by atoms with E-state index >= 15 is 0 Å². The Labute approximate surface area is 134 Å². The Morgan fingerprint density at radius 3 is 1.73 bits per heavy atom. The van der Waals surface area contributed by atoms with E-state index in [1.807, 2.05) is 50.2 Å². The lowest BCUT2D eigenvalue weighted by Crippen LogP contribution is -1.76. The number of H-pyrrole nitrogens is 1. The van der Waals surface area contributed by atoms with Gasteiger partial charge >= 0.3 is 0 Å². The molecule has 0 unspecified atom stereocenters. The highest BCUT2D eigenvalue weighted by Gasteiger charge is 2.04. The van der Waals surface area contributed by atoms with E-state index in [2.05, 4.69) is 54.4 Å². The van der Waals surface area contributed by atoms with Crippen molar-refractivity contribution >= 4 is 0 Å². The normalized spacial score (nSPS) is 9.09. The van der Waals surface area contributed by atoms with Gasteiger partial charge in [0.2, 0.25) is 0 Å². The number of nitrogens with one attached hydrogen (secondary N) is 1. The van der Waals surface area contributed by atoms with Crippen molar-refractivity contribution in [1.82, 2.24) is 10.2 Å². The van der Waals surface area contributed by atoms with Crippen molar-refractivity contribution < 1.29 is 0 Å². The van der Waals surface area contributed by atoms with Gasteiger partial charge in [-0.1, -0.05) is 94.8 Å². The zero-order valence-electron chi connectivity index (χ0n) is 14.0. The highest BCUT2D eigenvalue weighted by Crippen LogP contribution is 2.22. The first-order valence-electron chi connectivity index (χ1n) is 8.01. The van der Waals surface area contributed by atoms with Crippen LogP contribution in [0.5, 0.6) is 0 Å². The molecule has 0 atom stereocenters. The second-order valence-corrected chi connectivity index (χ2v) is 4.61. The van der Waals surface area contributed by atoms with Gasteiger partial charge in [-0.15, -0.1) is 0 Å². The van der Waals surface area contributed by atoms with Gasteiger partial charge in [-0.05, 0) is 11.6 Å². The second kappa shape index (κ2) is 10.4. The van der Waals surface area contributed by atoms with E-state index in [1.54, 1.807) is 0 Å². The van der Waals surface area contributed by atoms with Crippen molar-refractivity contribution in [2.45, 2.75) is 34.1 Å². The van der Waals surface area contributed by atoms with Crippen LogP contribution in [0.3, 0.4) is 0 Å². The summed E-state index contributed by atoms with van der Waals surface area (Å²) in [7, 11) is 0. The Kier molecular flexibility index (Phi) is 8.36. The summed E-state index contributed by atoms with van der Waals surface area (Å²) in [4.78, 5) is 0. The largest absolute Gasteiger partial charge is 0.277 e. The zero-order valence-corrected chi connectivity index (χ0v) is 14.0. The van der Waals surface area contributed by atoms with Gasteiger partial charge in [0.1, 0.15) is 0 Å². The van der Waals surface area contributed by atoms with E-state index in [1.165, 1.54) is 6.42 Å². The lowest BCUT2D eigenvalue weighted by molar-refractivity contribution is 1.09.